The Morgan fingerprint density at radius 2 is 1.77 bits per heavy atom. The summed E-state index contributed by atoms with van der Waals surface area (Å²) in [4.78, 5) is 15.4. The molecule has 1 aliphatic rings. The van der Waals surface area contributed by atoms with E-state index in [1.165, 1.54) is 0 Å². The van der Waals surface area contributed by atoms with Gasteiger partial charge in [0.1, 0.15) is 5.75 Å². The molecule has 1 aliphatic heterocycles. The number of carbonyl (C=O) groups excluding carboxylic acids is 1. The Kier molecular flexibility index (Phi) is 5.08. The van der Waals surface area contributed by atoms with Crippen LogP contribution in [0.3, 0.4) is 0 Å². The second-order valence-corrected chi connectivity index (χ2v) is 7.68. The Hall–Kier alpha value is -3.73. The van der Waals surface area contributed by atoms with Crippen LogP contribution in [-0.2, 0) is 6.54 Å². The first-order valence-corrected chi connectivity index (χ1v) is 10.7. The summed E-state index contributed by atoms with van der Waals surface area (Å²) in [6, 6.07) is 26.0. The van der Waals surface area contributed by atoms with Crippen LogP contribution >= 0.6 is 0 Å². The first kappa shape index (κ1) is 19.2. The van der Waals surface area contributed by atoms with Crippen molar-refractivity contribution in [1.29, 1.82) is 0 Å². The van der Waals surface area contributed by atoms with Gasteiger partial charge >= 0.3 is 6.03 Å². The average molecular weight is 412 g/mol. The molecular formula is C26H25N3O2. The molecule has 3 aromatic carbocycles. The molecule has 0 unspecified atom stereocenters. The van der Waals surface area contributed by atoms with Crippen molar-refractivity contribution in [1.82, 2.24) is 9.47 Å². The number of amides is 2. The van der Waals surface area contributed by atoms with Gasteiger partial charge in [-0.15, -0.1) is 0 Å². The molecule has 4 aromatic rings. The van der Waals surface area contributed by atoms with Gasteiger partial charge in [-0.2, -0.15) is 0 Å². The largest absolute Gasteiger partial charge is 0.494 e. The average Bonchev–Trinajstić information content (AvgIpc) is 3.28. The fourth-order valence-corrected chi connectivity index (χ4v) is 4.39. The van der Waals surface area contributed by atoms with Gasteiger partial charge in [0.15, 0.2) is 0 Å². The monoisotopic (exact) mass is 411 g/mol. The van der Waals surface area contributed by atoms with Crippen LogP contribution in [-0.4, -0.2) is 28.6 Å². The van der Waals surface area contributed by atoms with E-state index in [4.69, 9.17) is 4.74 Å². The van der Waals surface area contributed by atoms with Gasteiger partial charge in [0, 0.05) is 30.4 Å². The van der Waals surface area contributed by atoms with E-state index in [9.17, 15) is 4.79 Å². The lowest BCUT2D eigenvalue weighted by Gasteiger charge is -2.37. The predicted molar refractivity (Wildman–Crippen MR) is 124 cm³/mol. The summed E-state index contributed by atoms with van der Waals surface area (Å²) in [5, 5.41) is 5.31. The molecule has 0 spiro atoms. The normalized spacial score (nSPS) is 15.5. The second kappa shape index (κ2) is 8.19. The number of aromatic nitrogens is 1. The van der Waals surface area contributed by atoms with Crippen LogP contribution in [0.5, 0.6) is 5.75 Å². The SMILES string of the molecule is CCOc1ccc([C@H]2c3cccn3CCN2C(=O)Nc2cccc3ccccc23)cc1. The number of nitrogens with one attached hydrogen (secondary N) is 1. The Morgan fingerprint density at radius 1 is 0.968 bits per heavy atom. The van der Waals surface area contributed by atoms with Crippen molar-refractivity contribution in [2.24, 2.45) is 0 Å². The third-order valence-corrected chi connectivity index (χ3v) is 5.84. The smallest absolute Gasteiger partial charge is 0.322 e. The first-order chi connectivity index (χ1) is 15.2. The number of hydrogen-bond acceptors (Lipinski definition) is 2. The summed E-state index contributed by atoms with van der Waals surface area (Å²) < 4.78 is 7.82. The van der Waals surface area contributed by atoms with Gasteiger partial charge in [0.05, 0.1) is 18.3 Å². The highest BCUT2D eigenvalue weighted by atomic mass is 16.5. The van der Waals surface area contributed by atoms with Gasteiger partial charge in [0.2, 0.25) is 0 Å². The van der Waals surface area contributed by atoms with Gasteiger partial charge in [-0.1, -0.05) is 48.5 Å². The third kappa shape index (κ3) is 3.63. The maximum atomic E-state index is 13.5. The second-order valence-electron chi connectivity index (χ2n) is 7.68. The number of fused-ring (bicyclic) bond motifs is 2. The number of ether oxygens (including phenoxy) is 1. The molecule has 0 radical (unpaired) electrons. The summed E-state index contributed by atoms with van der Waals surface area (Å²) >= 11 is 0. The van der Waals surface area contributed by atoms with Crippen LogP contribution < -0.4 is 10.1 Å². The molecule has 2 amide bonds. The van der Waals surface area contributed by atoms with E-state index in [1.54, 1.807) is 0 Å². The van der Waals surface area contributed by atoms with E-state index >= 15 is 0 Å². The van der Waals surface area contributed by atoms with E-state index in [-0.39, 0.29) is 12.1 Å². The van der Waals surface area contributed by atoms with E-state index < -0.39 is 0 Å². The van der Waals surface area contributed by atoms with E-state index in [0.29, 0.717) is 13.2 Å². The number of urea groups is 1. The molecule has 1 atom stereocenters. The van der Waals surface area contributed by atoms with Gasteiger partial charge in [-0.3, -0.25) is 0 Å². The molecule has 5 heteroatoms. The van der Waals surface area contributed by atoms with Crippen LogP contribution in [0.2, 0.25) is 0 Å². The number of carbonyl (C=O) groups is 1. The zero-order chi connectivity index (χ0) is 21.2. The molecule has 31 heavy (non-hydrogen) atoms. The molecule has 5 nitrogen and oxygen atoms in total. The third-order valence-electron chi connectivity index (χ3n) is 5.84. The number of hydrogen-bond donors (Lipinski definition) is 1. The standard InChI is InChI=1S/C26H25N3O2/c1-2-31-21-14-12-20(13-15-21)25-24-11-6-16-28(24)17-18-29(25)26(30)27-23-10-5-8-19-7-3-4-9-22(19)23/h3-16,25H,2,17-18H2,1H3,(H,27,30)/t25-/m0/s1. The first-order valence-electron chi connectivity index (χ1n) is 10.7. The zero-order valence-corrected chi connectivity index (χ0v) is 17.5. The molecule has 0 saturated carbocycles. The molecule has 0 aliphatic carbocycles. The number of benzene rings is 3. The Morgan fingerprint density at radius 3 is 2.61 bits per heavy atom. The lowest BCUT2D eigenvalue weighted by atomic mass is 10.00. The van der Waals surface area contributed by atoms with Crippen molar-refractivity contribution < 1.29 is 9.53 Å². The van der Waals surface area contributed by atoms with Crippen molar-refractivity contribution in [2.45, 2.75) is 19.5 Å². The van der Waals surface area contributed by atoms with Crippen LogP contribution in [0.25, 0.3) is 10.8 Å². The summed E-state index contributed by atoms with van der Waals surface area (Å²) in [7, 11) is 0. The maximum absolute atomic E-state index is 13.5. The predicted octanol–water partition coefficient (Wildman–Crippen LogP) is 5.68. The summed E-state index contributed by atoms with van der Waals surface area (Å²) in [5.41, 5.74) is 3.01. The molecule has 5 rings (SSSR count). The van der Waals surface area contributed by atoms with Gasteiger partial charge in [-0.05, 0) is 48.2 Å². The highest BCUT2D eigenvalue weighted by Gasteiger charge is 2.32. The summed E-state index contributed by atoms with van der Waals surface area (Å²) in [5.74, 6) is 0.837. The molecule has 2 heterocycles. The number of anilines is 1. The van der Waals surface area contributed by atoms with Crippen molar-refractivity contribution in [3.63, 3.8) is 0 Å². The molecule has 1 N–H and O–H groups in total. The fraction of sp³-hybridized carbons (Fsp3) is 0.192. The van der Waals surface area contributed by atoms with Crippen molar-refractivity contribution in [3.05, 3.63) is 96.3 Å². The van der Waals surface area contributed by atoms with Gasteiger partial charge in [-0.25, -0.2) is 4.79 Å². The Labute approximate surface area is 181 Å². The zero-order valence-electron chi connectivity index (χ0n) is 17.5. The Bertz CT molecular complexity index is 1210. The highest BCUT2D eigenvalue weighted by Crippen LogP contribution is 2.34. The summed E-state index contributed by atoms with van der Waals surface area (Å²) in [6.45, 7) is 4.02. The lowest BCUT2D eigenvalue weighted by molar-refractivity contribution is 0.182. The Balaban J connectivity index is 1.48. The fourth-order valence-electron chi connectivity index (χ4n) is 4.39. The quantitative estimate of drug-likeness (QED) is 0.470. The summed E-state index contributed by atoms with van der Waals surface area (Å²) in [6.07, 6.45) is 2.08. The minimum absolute atomic E-state index is 0.0947. The molecule has 1 aromatic heterocycles. The highest BCUT2D eigenvalue weighted by molar-refractivity contribution is 6.01. The van der Waals surface area contributed by atoms with E-state index in [0.717, 1.165) is 40.0 Å². The van der Waals surface area contributed by atoms with E-state index in [1.807, 2.05) is 60.4 Å². The number of nitrogens with zero attached hydrogens (tertiary/aromatic N) is 2. The van der Waals surface area contributed by atoms with Crippen molar-refractivity contribution in [3.8, 4) is 5.75 Å². The maximum Gasteiger partial charge on any atom is 0.322 e. The number of rotatable bonds is 4. The molecule has 0 fully saturated rings. The van der Waals surface area contributed by atoms with Crippen LogP contribution in [0.15, 0.2) is 85.1 Å². The van der Waals surface area contributed by atoms with Crippen molar-refractivity contribution >= 4 is 22.5 Å². The van der Waals surface area contributed by atoms with Crippen LogP contribution in [0.1, 0.15) is 24.2 Å². The molecule has 156 valence electrons. The molecule has 0 saturated heterocycles. The van der Waals surface area contributed by atoms with Crippen LogP contribution in [0, 0.1) is 0 Å². The van der Waals surface area contributed by atoms with Gasteiger partial charge < -0.3 is 19.5 Å². The minimum Gasteiger partial charge on any atom is -0.494 e. The van der Waals surface area contributed by atoms with Crippen LogP contribution in [0.4, 0.5) is 10.5 Å². The minimum atomic E-state index is -0.158. The lowest BCUT2D eigenvalue weighted by Crippen LogP contribution is -2.44. The van der Waals surface area contributed by atoms with Gasteiger partial charge in [0.25, 0.3) is 0 Å². The van der Waals surface area contributed by atoms with Crippen molar-refractivity contribution in [2.75, 3.05) is 18.5 Å². The van der Waals surface area contributed by atoms with E-state index in [2.05, 4.69) is 46.4 Å². The molecular weight excluding hydrogens is 386 g/mol. The molecule has 0 bridgehead atoms. The topological polar surface area (TPSA) is 46.5 Å².